The highest BCUT2D eigenvalue weighted by molar-refractivity contribution is 5.79. The lowest BCUT2D eigenvalue weighted by atomic mass is 10.5. The maximum Gasteiger partial charge on any atom is 0.516 e. The number of carboxylic acids is 1. The Morgan fingerprint density at radius 2 is 1.50 bits per heavy atom. The average Bonchev–Trinajstić information content (AvgIpc) is 1.98. The summed E-state index contributed by atoms with van der Waals surface area (Å²) in [7, 11) is 0. The van der Waals surface area contributed by atoms with Crippen LogP contribution in [0.15, 0.2) is 0 Å². The molecule has 0 radical (unpaired) electrons. The molecule has 0 spiro atoms. The summed E-state index contributed by atoms with van der Waals surface area (Å²) in [5, 5.41) is 7.42. The highest BCUT2D eigenvalue weighted by Crippen LogP contribution is 1.87. The minimum Gasteiger partial charge on any atom is -0.481 e. The van der Waals surface area contributed by atoms with Crippen molar-refractivity contribution >= 4 is 18.1 Å². The molecule has 0 bridgehead atoms. The van der Waals surface area contributed by atoms with Crippen molar-refractivity contribution in [1.29, 1.82) is 0 Å². The monoisotopic (exact) mass is 238 g/mol. The Morgan fingerprint density at radius 1 is 1.12 bits per heavy atom. The van der Waals surface area contributed by atoms with E-state index in [4.69, 9.17) is 9.90 Å². The van der Waals surface area contributed by atoms with Gasteiger partial charge in [0, 0.05) is 13.8 Å². The predicted octanol–water partition coefficient (Wildman–Crippen LogP) is 2.46. The van der Waals surface area contributed by atoms with E-state index < -0.39 is 18.1 Å². The van der Waals surface area contributed by atoms with Gasteiger partial charge < -0.3 is 14.6 Å². The molecule has 16 heavy (non-hydrogen) atoms. The molecule has 0 saturated carbocycles. The largest absolute Gasteiger partial charge is 0.516 e. The first-order valence-electron chi connectivity index (χ1n) is 3.94. The minimum atomic E-state index is -0.922. The molecule has 0 aromatic heterocycles. The van der Waals surface area contributed by atoms with Crippen LogP contribution in [0, 0.1) is 0 Å². The Kier molecular flexibility index (Phi) is 23.7. The highest BCUT2D eigenvalue weighted by atomic mass is 16.7. The molecule has 0 aliphatic heterocycles. The molecule has 0 saturated heterocycles. The van der Waals surface area contributed by atoms with Crippen LogP contribution >= 0.6 is 0 Å². The van der Waals surface area contributed by atoms with Crippen LogP contribution in [-0.4, -0.2) is 29.8 Å². The molecule has 0 rings (SSSR count). The van der Waals surface area contributed by atoms with Gasteiger partial charge in [-0.3, -0.25) is 9.59 Å². The van der Waals surface area contributed by atoms with Gasteiger partial charge in [0.2, 0.25) is 0 Å². The van der Waals surface area contributed by atoms with Crippen LogP contribution in [0.4, 0.5) is 4.79 Å². The topological polar surface area (TPSA) is 89.9 Å². The lowest BCUT2D eigenvalue weighted by Crippen LogP contribution is -2.11. The van der Waals surface area contributed by atoms with Crippen molar-refractivity contribution in [3.8, 4) is 0 Å². The van der Waals surface area contributed by atoms with Crippen LogP contribution in [0.25, 0.3) is 0 Å². The maximum atomic E-state index is 10.3. The molecule has 0 aromatic rings. The SMILES string of the molecule is C.C.CC(=O)O.CCCOC(=O)OC(C)=O. The van der Waals surface area contributed by atoms with Crippen molar-refractivity contribution in [1.82, 2.24) is 0 Å². The van der Waals surface area contributed by atoms with E-state index in [0.717, 1.165) is 13.8 Å². The summed E-state index contributed by atoms with van der Waals surface area (Å²) in [6.07, 6.45) is -0.207. The van der Waals surface area contributed by atoms with E-state index in [1.54, 1.807) is 0 Å². The molecule has 6 nitrogen and oxygen atoms in total. The average molecular weight is 238 g/mol. The zero-order valence-corrected chi connectivity index (χ0v) is 8.40. The van der Waals surface area contributed by atoms with Crippen molar-refractivity contribution < 1.29 is 29.0 Å². The van der Waals surface area contributed by atoms with E-state index in [1.165, 1.54) is 0 Å². The summed E-state index contributed by atoms with van der Waals surface area (Å²) in [4.78, 5) is 29.4. The Balaban J connectivity index is -0.000000105. The first-order valence-corrected chi connectivity index (χ1v) is 3.94. The normalized spacial score (nSPS) is 6.94. The molecule has 0 fully saturated rings. The summed E-state index contributed by atoms with van der Waals surface area (Å²) in [6.45, 7) is 4.36. The first kappa shape index (κ1) is 23.9. The second-order valence-electron chi connectivity index (χ2n) is 2.21. The molecule has 1 N–H and O–H groups in total. The summed E-state index contributed by atoms with van der Waals surface area (Å²) < 4.78 is 8.47. The van der Waals surface area contributed by atoms with Crippen LogP contribution in [0.5, 0.6) is 0 Å². The van der Waals surface area contributed by atoms with E-state index in [-0.39, 0.29) is 21.5 Å². The third-order valence-corrected chi connectivity index (χ3v) is 0.651. The second kappa shape index (κ2) is 15.9. The molecule has 6 heteroatoms. The molecular weight excluding hydrogens is 216 g/mol. The van der Waals surface area contributed by atoms with Crippen molar-refractivity contribution in [3.63, 3.8) is 0 Å². The number of carboxylic acid groups (broad SMARTS) is 1. The predicted molar refractivity (Wildman–Crippen MR) is 60.2 cm³/mol. The Labute approximate surface area is 96.5 Å². The third kappa shape index (κ3) is 39.3. The van der Waals surface area contributed by atoms with E-state index in [0.29, 0.717) is 6.42 Å². The van der Waals surface area contributed by atoms with Gasteiger partial charge in [-0.25, -0.2) is 4.79 Å². The van der Waals surface area contributed by atoms with Crippen LogP contribution in [-0.2, 0) is 19.1 Å². The molecule has 0 aromatic carbocycles. The number of hydrogen-bond acceptors (Lipinski definition) is 5. The van der Waals surface area contributed by atoms with Crippen molar-refractivity contribution in [2.45, 2.75) is 42.0 Å². The van der Waals surface area contributed by atoms with E-state index in [2.05, 4.69) is 9.47 Å². The number of ether oxygens (including phenoxy) is 2. The number of esters is 1. The smallest absolute Gasteiger partial charge is 0.481 e. The second-order valence-corrected chi connectivity index (χ2v) is 2.21. The lowest BCUT2D eigenvalue weighted by Gasteiger charge is -1.99. The van der Waals surface area contributed by atoms with Gasteiger partial charge in [-0.15, -0.1) is 0 Å². The summed E-state index contributed by atoms with van der Waals surface area (Å²) in [5.74, 6) is -1.49. The molecule has 0 unspecified atom stereocenters. The number of carbonyl (C=O) groups excluding carboxylic acids is 2. The number of aliphatic carboxylic acids is 1. The zero-order valence-electron chi connectivity index (χ0n) is 8.40. The fraction of sp³-hybridized carbons (Fsp3) is 0.700. The highest BCUT2D eigenvalue weighted by Gasteiger charge is 2.04. The molecule has 98 valence electrons. The van der Waals surface area contributed by atoms with Crippen LogP contribution in [0.1, 0.15) is 42.0 Å². The standard InChI is InChI=1S/C6H10O4.C2H4O2.2CH4/c1-3-4-9-6(8)10-5(2)7;1-2(3)4;;/h3-4H2,1-2H3;1H3,(H,3,4);2*1H4. The molecule has 0 aliphatic carbocycles. The maximum absolute atomic E-state index is 10.3. The van der Waals surface area contributed by atoms with Gasteiger partial charge in [-0.1, -0.05) is 21.8 Å². The Bertz CT molecular complexity index is 195. The first-order chi connectivity index (χ1) is 6.40. The van der Waals surface area contributed by atoms with Crippen LogP contribution in [0.2, 0.25) is 0 Å². The van der Waals surface area contributed by atoms with Gasteiger partial charge in [0.05, 0.1) is 6.61 Å². The summed E-state index contributed by atoms with van der Waals surface area (Å²) >= 11 is 0. The zero-order chi connectivity index (χ0) is 11.6. The molecule has 0 atom stereocenters. The summed E-state index contributed by atoms with van der Waals surface area (Å²) in [6, 6.07) is 0. The Morgan fingerprint density at radius 3 is 1.75 bits per heavy atom. The van der Waals surface area contributed by atoms with E-state index in [1.807, 2.05) is 6.92 Å². The molecule has 0 aliphatic rings. The minimum absolute atomic E-state index is 0. The molecule has 0 heterocycles. The van der Waals surface area contributed by atoms with Crippen molar-refractivity contribution in [2.75, 3.05) is 6.61 Å². The molecule has 0 amide bonds. The quantitative estimate of drug-likeness (QED) is 0.587. The number of rotatable bonds is 2. The van der Waals surface area contributed by atoms with Gasteiger partial charge in [-0.2, -0.15) is 0 Å². The van der Waals surface area contributed by atoms with Crippen molar-refractivity contribution in [2.24, 2.45) is 0 Å². The van der Waals surface area contributed by atoms with E-state index >= 15 is 0 Å². The fourth-order valence-electron chi connectivity index (χ4n) is 0.332. The van der Waals surface area contributed by atoms with Crippen molar-refractivity contribution in [3.05, 3.63) is 0 Å². The van der Waals surface area contributed by atoms with Gasteiger partial charge in [0.25, 0.3) is 5.97 Å². The third-order valence-electron chi connectivity index (χ3n) is 0.651. The van der Waals surface area contributed by atoms with E-state index in [9.17, 15) is 9.59 Å². The Hall–Kier alpha value is -1.59. The van der Waals surface area contributed by atoms with Crippen LogP contribution in [0.3, 0.4) is 0 Å². The van der Waals surface area contributed by atoms with Gasteiger partial charge >= 0.3 is 12.1 Å². The number of carbonyl (C=O) groups is 3. The number of hydrogen-bond donors (Lipinski definition) is 1. The fourth-order valence-corrected chi connectivity index (χ4v) is 0.332. The van der Waals surface area contributed by atoms with Gasteiger partial charge in [0.15, 0.2) is 0 Å². The lowest BCUT2D eigenvalue weighted by molar-refractivity contribution is -0.137. The van der Waals surface area contributed by atoms with Gasteiger partial charge in [0.1, 0.15) is 0 Å². The van der Waals surface area contributed by atoms with Crippen LogP contribution < -0.4 is 0 Å². The summed E-state index contributed by atoms with van der Waals surface area (Å²) in [5.41, 5.74) is 0. The molecular formula is C10H22O6. The van der Waals surface area contributed by atoms with Gasteiger partial charge in [-0.05, 0) is 6.42 Å².